The Morgan fingerprint density at radius 3 is 1.71 bits per heavy atom. The van der Waals surface area contributed by atoms with Gasteiger partial charge in [-0.2, -0.15) is 0 Å². The van der Waals surface area contributed by atoms with Crippen LogP contribution in [0.25, 0.3) is 0 Å². The molecule has 0 aromatic carbocycles. The van der Waals surface area contributed by atoms with Crippen LogP contribution in [0.2, 0.25) is 0 Å². The third-order valence-corrected chi connectivity index (χ3v) is 3.75. The molecule has 17 heavy (non-hydrogen) atoms. The summed E-state index contributed by atoms with van der Waals surface area (Å²) < 4.78 is 5.17. The molecule has 0 atom stereocenters. The smallest absolute Gasteiger partial charge is 0.302 e. The van der Waals surface area contributed by atoms with Crippen LogP contribution in [0.1, 0.15) is 77.6 Å². The third kappa shape index (κ3) is 8.23. The molecule has 0 bridgehead atoms. The lowest BCUT2D eigenvalue weighted by Gasteiger charge is -2.17. The number of carbonyl (C=O) groups excluding carboxylic acids is 1. The van der Waals surface area contributed by atoms with Gasteiger partial charge in [-0.1, -0.05) is 57.8 Å². The molecule has 0 saturated heterocycles. The lowest BCUT2D eigenvalue weighted by molar-refractivity contribution is -0.142. The molecule has 1 saturated carbocycles. The van der Waals surface area contributed by atoms with E-state index in [9.17, 15) is 4.79 Å². The predicted octanol–water partition coefficient (Wildman–Crippen LogP) is 4.47. The Labute approximate surface area is 106 Å². The summed E-state index contributed by atoms with van der Waals surface area (Å²) >= 11 is 0. The van der Waals surface area contributed by atoms with E-state index in [1.807, 2.05) is 0 Å². The first-order valence-corrected chi connectivity index (χ1v) is 7.42. The summed E-state index contributed by atoms with van der Waals surface area (Å²) in [5.74, 6) is 0.481. The summed E-state index contributed by atoms with van der Waals surface area (Å²) in [4.78, 5) is 10.8. The van der Waals surface area contributed by atoms with Crippen LogP contribution in [0, 0.1) is 5.92 Å². The highest BCUT2D eigenvalue weighted by Gasteiger charge is 2.11. The van der Waals surface area contributed by atoms with Crippen LogP contribution < -0.4 is 0 Å². The predicted molar refractivity (Wildman–Crippen MR) is 70.9 cm³/mol. The molecule has 0 aromatic rings. The van der Waals surface area contributed by atoms with Crippen LogP contribution in [-0.2, 0) is 9.53 Å². The average Bonchev–Trinajstić information content (AvgIpc) is 2.28. The van der Waals surface area contributed by atoms with Crippen molar-refractivity contribution in [2.24, 2.45) is 5.92 Å². The van der Waals surface area contributed by atoms with Crippen molar-refractivity contribution >= 4 is 5.97 Å². The first kappa shape index (κ1) is 14.5. The molecule has 1 aliphatic carbocycles. The maximum atomic E-state index is 10.8. The highest BCUT2D eigenvalue weighted by molar-refractivity contribution is 5.65. The maximum Gasteiger partial charge on any atom is 0.302 e. The zero-order chi connectivity index (χ0) is 12.3. The Morgan fingerprint density at radius 1 is 0.882 bits per heavy atom. The normalized spacial score (nSPS) is 21.2. The van der Waals surface area contributed by atoms with E-state index in [2.05, 4.69) is 0 Å². The second-order valence-corrected chi connectivity index (χ2v) is 5.43. The summed E-state index contributed by atoms with van der Waals surface area (Å²) in [6, 6.07) is 0. The van der Waals surface area contributed by atoms with Gasteiger partial charge in [0, 0.05) is 6.92 Å². The Balaban J connectivity index is 2.24. The second kappa shape index (κ2) is 9.49. The van der Waals surface area contributed by atoms with Crippen LogP contribution in [0.5, 0.6) is 0 Å². The van der Waals surface area contributed by atoms with Gasteiger partial charge in [-0.25, -0.2) is 0 Å². The van der Waals surface area contributed by atoms with Crippen molar-refractivity contribution in [3.8, 4) is 0 Å². The van der Waals surface area contributed by atoms with Crippen molar-refractivity contribution in [1.82, 2.24) is 0 Å². The van der Waals surface area contributed by atoms with Crippen molar-refractivity contribution in [2.45, 2.75) is 77.6 Å². The van der Waals surface area contributed by atoms with Gasteiger partial charge < -0.3 is 4.74 Å². The van der Waals surface area contributed by atoms with Gasteiger partial charge in [0.1, 0.15) is 0 Å². The van der Waals surface area contributed by atoms with Crippen LogP contribution >= 0.6 is 0 Å². The zero-order valence-corrected chi connectivity index (χ0v) is 11.4. The van der Waals surface area contributed by atoms with Crippen LogP contribution in [0.15, 0.2) is 0 Å². The molecule has 0 heterocycles. The van der Waals surface area contributed by atoms with Gasteiger partial charge in [0.15, 0.2) is 0 Å². The van der Waals surface area contributed by atoms with Gasteiger partial charge in [-0.05, 0) is 18.8 Å². The van der Waals surface area contributed by atoms with Crippen LogP contribution in [-0.4, -0.2) is 12.6 Å². The van der Waals surface area contributed by atoms with Crippen molar-refractivity contribution in [3.63, 3.8) is 0 Å². The molecule has 1 rings (SSSR count). The molecule has 0 spiro atoms. The molecule has 0 radical (unpaired) electrons. The van der Waals surface area contributed by atoms with E-state index < -0.39 is 0 Å². The van der Waals surface area contributed by atoms with Crippen molar-refractivity contribution in [2.75, 3.05) is 6.61 Å². The molecule has 0 aromatic heterocycles. The zero-order valence-electron chi connectivity index (χ0n) is 11.4. The van der Waals surface area contributed by atoms with Crippen LogP contribution in [0.3, 0.4) is 0 Å². The Bertz CT molecular complexity index is 189. The SMILES string of the molecule is CC(=O)OCC1CCCCCCCCCCC1. The molecule has 100 valence electrons. The number of rotatable bonds is 2. The van der Waals surface area contributed by atoms with E-state index in [0.29, 0.717) is 12.5 Å². The fraction of sp³-hybridized carbons (Fsp3) is 0.933. The number of carbonyl (C=O) groups is 1. The third-order valence-electron chi connectivity index (χ3n) is 3.75. The second-order valence-electron chi connectivity index (χ2n) is 5.43. The summed E-state index contributed by atoms with van der Waals surface area (Å²) in [7, 11) is 0. The average molecular weight is 240 g/mol. The van der Waals surface area contributed by atoms with Crippen LogP contribution in [0.4, 0.5) is 0 Å². The highest BCUT2D eigenvalue weighted by Crippen LogP contribution is 2.21. The van der Waals surface area contributed by atoms with Gasteiger partial charge in [0.2, 0.25) is 0 Å². The van der Waals surface area contributed by atoms with E-state index in [0.717, 1.165) is 0 Å². The largest absolute Gasteiger partial charge is 0.466 e. The highest BCUT2D eigenvalue weighted by atomic mass is 16.5. The molecular formula is C15H28O2. The number of ether oxygens (including phenoxy) is 1. The standard InChI is InChI=1S/C15H28O2/c1-14(16)17-13-15-11-9-7-5-3-2-4-6-8-10-12-15/h15H,2-13H2,1H3. The minimum atomic E-state index is -0.129. The molecular weight excluding hydrogens is 212 g/mol. The summed E-state index contributed by atoms with van der Waals surface area (Å²) in [5, 5.41) is 0. The van der Waals surface area contributed by atoms with Gasteiger partial charge >= 0.3 is 5.97 Å². The maximum absolute atomic E-state index is 10.8. The van der Waals surface area contributed by atoms with Gasteiger partial charge in [-0.15, -0.1) is 0 Å². The lowest BCUT2D eigenvalue weighted by atomic mass is 9.93. The molecule has 0 amide bonds. The fourth-order valence-electron chi connectivity index (χ4n) is 2.65. The number of hydrogen-bond acceptors (Lipinski definition) is 2. The minimum Gasteiger partial charge on any atom is -0.466 e. The lowest BCUT2D eigenvalue weighted by Crippen LogP contribution is -2.12. The molecule has 0 N–H and O–H groups in total. The first-order valence-electron chi connectivity index (χ1n) is 7.42. The van der Waals surface area contributed by atoms with Gasteiger partial charge in [0.25, 0.3) is 0 Å². The van der Waals surface area contributed by atoms with Crippen molar-refractivity contribution < 1.29 is 9.53 Å². The molecule has 2 nitrogen and oxygen atoms in total. The molecule has 1 fully saturated rings. The van der Waals surface area contributed by atoms with E-state index in [1.54, 1.807) is 0 Å². The topological polar surface area (TPSA) is 26.3 Å². The monoisotopic (exact) mass is 240 g/mol. The van der Waals surface area contributed by atoms with E-state index in [-0.39, 0.29) is 5.97 Å². The molecule has 0 unspecified atom stereocenters. The quantitative estimate of drug-likeness (QED) is 0.666. The molecule has 2 heteroatoms. The Morgan fingerprint density at radius 2 is 1.29 bits per heavy atom. The van der Waals surface area contributed by atoms with E-state index >= 15 is 0 Å². The van der Waals surface area contributed by atoms with Crippen molar-refractivity contribution in [3.05, 3.63) is 0 Å². The number of hydrogen-bond donors (Lipinski definition) is 0. The minimum absolute atomic E-state index is 0.129. The summed E-state index contributed by atoms with van der Waals surface area (Å²) in [5.41, 5.74) is 0. The van der Waals surface area contributed by atoms with E-state index in [4.69, 9.17) is 4.74 Å². The molecule has 0 aliphatic heterocycles. The number of esters is 1. The first-order chi connectivity index (χ1) is 8.29. The van der Waals surface area contributed by atoms with Gasteiger partial charge in [0.05, 0.1) is 6.61 Å². The Hall–Kier alpha value is -0.530. The summed E-state index contributed by atoms with van der Waals surface area (Å²) in [6.07, 6.45) is 14.9. The molecule has 1 aliphatic rings. The fourth-order valence-corrected chi connectivity index (χ4v) is 2.65. The summed E-state index contributed by atoms with van der Waals surface area (Å²) in [6.45, 7) is 2.16. The van der Waals surface area contributed by atoms with Gasteiger partial charge in [-0.3, -0.25) is 4.79 Å². The Kier molecular flexibility index (Phi) is 8.12. The van der Waals surface area contributed by atoms with Crippen molar-refractivity contribution in [1.29, 1.82) is 0 Å². The van der Waals surface area contributed by atoms with E-state index in [1.165, 1.54) is 77.6 Å².